The summed E-state index contributed by atoms with van der Waals surface area (Å²) in [5.41, 5.74) is 6.84. The van der Waals surface area contributed by atoms with Gasteiger partial charge in [-0.3, -0.25) is 4.90 Å². The SMILES string of the molecule is C[C@@H]1[C@H](CN(C)[C@@H](C)c2ccccc2)O[C@H](c2ccc(-c3ccccc3CNS(=O)(=O)c3ccccc3)cc2)O[C@@H]1c1ccc(CO)cc1. The van der Waals surface area contributed by atoms with Crippen molar-refractivity contribution >= 4 is 10.0 Å². The van der Waals surface area contributed by atoms with Crippen molar-refractivity contribution in [1.29, 1.82) is 0 Å². The maximum absolute atomic E-state index is 12.9. The second kappa shape index (κ2) is 15.6. The van der Waals surface area contributed by atoms with Gasteiger partial charge in [-0.05, 0) is 59.5 Å². The molecule has 0 aliphatic carbocycles. The van der Waals surface area contributed by atoms with Crippen molar-refractivity contribution in [2.75, 3.05) is 13.6 Å². The molecule has 0 aromatic heterocycles. The summed E-state index contributed by atoms with van der Waals surface area (Å²) in [5, 5.41) is 9.62. The van der Waals surface area contributed by atoms with Crippen LogP contribution in [0.2, 0.25) is 0 Å². The maximum atomic E-state index is 12.9. The number of nitrogens with one attached hydrogen (secondary N) is 1. The number of likely N-dealkylation sites (N-methyl/N-ethyl adjacent to an activating group) is 1. The van der Waals surface area contributed by atoms with Crippen LogP contribution in [0.1, 0.15) is 60.1 Å². The van der Waals surface area contributed by atoms with Crippen LogP contribution in [0.25, 0.3) is 11.1 Å². The predicted octanol–water partition coefficient (Wildman–Crippen LogP) is 7.81. The van der Waals surface area contributed by atoms with Gasteiger partial charge in [0.05, 0.1) is 23.7 Å². The largest absolute Gasteiger partial charge is 0.392 e. The highest BCUT2D eigenvalue weighted by Gasteiger charge is 2.39. The maximum Gasteiger partial charge on any atom is 0.240 e. The Kier molecular flexibility index (Phi) is 11.0. The Labute approximate surface area is 290 Å². The summed E-state index contributed by atoms with van der Waals surface area (Å²) in [6.07, 6.45) is -0.920. The molecule has 0 spiro atoms. The van der Waals surface area contributed by atoms with Gasteiger partial charge in [0.25, 0.3) is 0 Å². The van der Waals surface area contributed by atoms with E-state index in [-0.39, 0.29) is 42.2 Å². The first-order valence-electron chi connectivity index (χ1n) is 16.7. The molecular formula is C41H44N2O5S. The van der Waals surface area contributed by atoms with E-state index in [1.54, 1.807) is 30.3 Å². The van der Waals surface area contributed by atoms with Crippen LogP contribution in [0.5, 0.6) is 0 Å². The summed E-state index contributed by atoms with van der Waals surface area (Å²) in [4.78, 5) is 2.57. The molecule has 0 radical (unpaired) electrons. The van der Waals surface area contributed by atoms with Gasteiger partial charge in [-0.2, -0.15) is 0 Å². The van der Waals surface area contributed by atoms with E-state index in [2.05, 4.69) is 54.8 Å². The molecule has 5 aromatic rings. The lowest BCUT2D eigenvalue weighted by molar-refractivity contribution is -0.276. The topological polar surface area (TPSA) is 88.1 Å². The van der Waals surface area contributed by atoms with E-state index in [4.69, 9.17) is 9.47 Å². The number of rotatable bonds is 12. The third kappa shape index (κ3) is 8.19. The number of benzene rings is 5. The molecule has 8 heteroatoms. The zero-order valence-corrected chi connectivity index (χ0v) is 29.0. The van der Waals surface area contributed by atoms with Crippen LogP contribution in [-0.4, -0.2) is 38.1 Å². The highest BCUT2D eigenvalue weighted by molar-refractivity contribution is 7.89. The summed E-state index contributed by atoms with van der Waals surface area (Å²) in [5.74, 6) is 0.0625. The summed E-state index contributed by atoms with van der Waals surface area (Å²) in [6, 6.07) is 43.0. The van der Waals surface area contributed by atoms with Gasteiger partial charge in [0.15, 0.2) is 6.29 Å². The molecule has 1 heterocycles. The molecule has 0 saturated carbocycles. The molecular weight excluding hydrogens is 633 g/mol. The summed E-state index contributed by atoms with van der Waals surface area (Å²) in [6.45, 7) is 5.26. The summed E-state index contributed by atoms with van der Waals surface area (Å²) >= 11 is 0. The van der Waals surface area contributed by atoms with Crippen molar-refractivity contribution in [2.45, 2.75) is 56.4 Å². The summed E-state index contributed by atoms with van der Waals surface area (Å²) < 4.78 is 42.0. The third-order valence-electron chi connectivity index (χ3n) is 9.55. The van der Waals surface area contributed by atoms with Gasteiger partial charge in [0.1, 0.15) is 0 Å². The molecule has 0 amide bonds. The fraction of sp³-hybridized carbons (Fsp3) is 0.268. The molecule has 6 rings (SSSR count). The van der Waals surface area contributed by atoms with Gasteiger partial charge in [-0.25, -0.2) is 13.1 Å². The average Bonchev–Trinajstić information content (AvgIpc) is 3.15. The van der Waals surface area contributed by atoms with Crippen molar-refractivity contribution in [3.8, 4) is 11.1 Å². The average molecular weight is 677 g/mol. The molecule has 2 N–H and O–H groups in total. The number of hydrogen-bond donors (Lipinski definition) is 2. The van der Waals surface area contributed by atoms with Gasteiger partial charge >= 0.3 is 0 Å². The van der Waals surface area contributed by atoms with Crippen molar-refractivity contribution in [3.63, 3.8) is 0 Å². The van der Waals surface area contributed by atoms with Crippen molar-refractivity contribution in [1.82, 2.24) is 9.62 Å². The Balaban J connectivity index is 1.23. The lowest BCUT2D eigenvalue weighted by Crippen LogP contribution is -2.44. The molecule has 1 aliphatic heterocycles. The van der Waals surface area contributed by atoms with Gasteiger partial charge < -0.3 is 14.6 Å². The minimum atomic E-state index is -3.65. The molecule has 49 heavy (non-hydrogen) atoms. The van der Waals surface area contributed by atoms with Crippen LogP contribution >= 0.6 is 0 Å². The highest BCUT2D eigenvalue weighted by Crippen LogP contribution is 2.42. The number of aliphatic hydroxyl groups is 1. The fourth-order valence-electron chi connectivity index (χ4n) is 6.39. The van der Waals surface area contributed by atoms with Crippen molar-refractivity contribution in [2.24, 2.45) is 5.92 Å². The highest BCUT2D eigenvalue weighted by atomic mass is 32.2. The van der Waals surface area contributed by atoms with E-state index >= 15 is 0 Å². The minimum absolute atomic E-state index is 0.00767. The Morgan fingerprint density at radius 3 is 2.06 bits per heavy atom. The van der Waals surface area contributed by atoms with Gasteiger partial charge in [0.2, 0.25) is 10.0 Å². The molecule has 5 atom stereocenters. The summed E-state index contributed by atoms with van der Waals surface area (Å²) in [7, 11) is -1.52. The van der Waals surface area contributed by atoms with Crippen molar-refractivity contribution in [3.05, 3.63) is 161 Å². The van der Waals surface area contributed by atoms with Crippen LogP contribution in [-0.2, 0) is 32.6 Å². The number of sulfonamides is 1. The third-order valence-corrected chi connectivity index (χ3v) is 11.0. The number of ether oxygens (including phenoxy) is 2. The molecule has 5 aromatic carbocycles. The zero-order chi connectivity index (χ0) is 34.4. The number of aliphatic hydroxyl groups excluding tert-OH is 1. The van der Waals surface area contributed by atoms with Gasteiger partial charge in [-0.1, -0.05) is 128 Å². The van der Waals surface area contributed by atoms with E-state index in [9.17, 15) is 13.5 Å². The zero-order valence-electron chi connectivity index (χ0n) is 28.1. The molecule has 254 valence electrons. The monoisotopic (exact) mass is 676 g/mol. The van der Waals surface area contributed by atoms with E-state index in [0.717, 1.165) is 33.4 Å². The van der Waals surface area contributed by atoms with Crippen LogP contribution in [0, 0.1) is 5.92 Å². The Morgan fingerprint density at radius 2 is 1.39 bits per heavy atom. The first kappa shape index (κ1) is 34.7. The molecule has 7 nitrogen and oxygen atoms in total. The van der Waals surface area contributed by atoms with Crippen LogP contribution in [0.15, 0.2) is 138 Å². The first-order valence-corrected chi connectivity index (χ1v) is 18.2. The van der Waals surface area contributed by atoms with E-state index in [0.29, 0.717) is 6.54 Å². The van der Waals surface area contributed by atoms with E-state index in [1.165, 1.54) is 5.56 Å². The first-order chi connectivity index (χ1) is 23.7. The second-order valence-electron chi connectivity index (χ2n) is 12.8. The van der Waals surface area contributed by atoms with E-state index < -0.39 is 16.3 Å². The second-order valence-corrected chi connectivity index (χ2v) is 14.5. The minimum Gasteiger partial charge on any atom is -0.392 e. The van der Waals surface area contributed by atoms with Crippen LogP contribution in [0.4, 0.5) is 0 Å². The Hall–Kier alpha value is -4.15. The molecule has 1 aliphatic rings. The Bertz CT molecular complexity index is 1900. The van der Waals surface area contributed by atoms with Crippen LogP contribution in [0.3, 0.4) is 0 Å². The lowest BCUT2D eigenvalue weighted by Gasteiger charge is -2.43. The van der Waals surface area contributed by atoms with Crippen molar-refractivity contribution < 1.29 is 23.0 Å². The molecule has 1 saturated heterocycles. The molecule has 0 unspecified atom stereocenters. The predicted molar refractivity (Wildman–Crippen MR) is 193 cm³/mol. The normalized spacial score (nSPS) is 20.3. The Morgan fingerprint density at radius 1 is 0.776 bits per heavy atom. The van der Waals surface area contributed by atoms with Gasteiger partial charge in [-0.15, -0.1) is 0 Å². The standard InChI is InChI=1S/C41H44N2O5S/c1-29-39(27-43(3)30(2)32-12-6-4-7-13-32)47-41(48-40(29)34-20-18-31(28-44)19-21-34)35-24-22-33(23-25-35)38-17-11-10-14-36(38)26-42-49(45,46)37-15-8-5-9-16-37/h4-25,29-30,39-42,44H,26-28H2,1-3H3/t29-,30+,39+,40+,41+/m1/s1. The van der Waals surface area contributed by atoms with E-state index in [1.807, 2.05) is 78.9 Å². The number of hydrogen-bond acceptors (Lipinski definition) is 6. The van der Waals surface area contributed by atoms with Crippen LogP contribution < -0.4 is 4.72 Å². The molecule has 1 fully saturated rings. The number of nitrogens with zero attached hydrogens (tertiary/aromatic N) is 1. The quantitative estimate of drug-likeness (QED) is 0.140. The lowest BCUT2D eigenvalue weighted by atomic mass is 9.89. The molecule has 0 bridgehead atoms. The smallest absolute Gasteiger partial charge is 0.240 e. The van der Waals surface area contributed by atoms with Gasteiger partial charge in [0, 0.05) is 30.6 Å². The fourth-order valence-corrected chi connectivity index (χ4v) is 7.42.